The molecule has 6 heteroatoms. The van der Waals surface area contributed by atoms with Crippen molar-refractivity contribution in [3.05, 3.63) is 42.0 Å². The monoisotopic (exact) mass is 353 g/mol. The molecule has 1 saturated carbocycles. The van der Waals surface area contributed by atoms with Crippen LogP contribution in [0, 0.1) is 30.6 Å². The second-order valence-corrected chi connectivity index (χ2v) is 7.53. The lowest BCUT2D eigenvalue weighted by molar-refractivity contribution is -0.142. The van der Waals surface area contributed by atoms with Crippen molar-refractivity contribution in [1.29, 1.82) is 0 Å². The smallest absolute Gasteiger partial charge is 0.317 e. The first kappa shape index (κ1) is 16.8. The Balaban J connectivity index is 1.44. The number of aryl methyl sites for hydroxylation is 1. The first-order chi connectivity index (χ1) is 12.5. The van der Waals surface area contributed by atoms with Gasteiger partial charge in [-0.2, -0.15) is 0 Å². The van der Waals surface area contributed by atoms with Crippen LogP contribution in [0.4, 0.5) is 10.5 Å². The normalized spacial score (nSPS) is 30.3. The molecular weight excluding hydrogens is 330 g/mol. The largest absolute Gasteiger partial charge is 0.320 e. The summed E-state index contributed by atoms with van der Waals surface area (Å²) in [4.78, 5) is 39.2. The Morgan fingerprint density at radius 2 is 1.58 bits per heavy atom. The van der Waals surface area contributed by atoms with Gasteiger partial charge in [0.25, 0.3) is 0 Å². The highest BCUT2D eigenvalue weighted by Gasteiger charge is 2.57. The fraction of sp³-hybridized carbons (Fsp3) is 0.450. The van der Waals surface area contributed by atoms with Crippen LogP contribution in [0.3, 0.4) is 0 Å². The van der Waals surface area contributed by atoms with Crippen LogP contribution in [-0.2, 0) is 9.59 Å². The van der Waals surface area contributed by atoms with E-state index in [1.54, 1.807) is 6.92 Å². The van der Waals surface area contributed by atoms with Crippen LogP contribution in [-0.4, -0.2) is 28.9 Å². The zero-order valence-electron chi connectivity index (χ0n) is 14.9. The summed E-state index contributed by atoms with van der Waals surface area (Å²) in [6.07, 6.45) is 5.43. The number of hydrogen-bond acceptors (Lipinski definition) is 3. The van der Waals surface area contributed by atoms with Crippen LogP contribution in [0.1, 0.15) is 25.3 Å². The van der Waals surface area contributed by atoms with Crippen LogP contribution in [0.15, 0.2) is 36.4 Å². The molecule has 0 unspecified atom stereocenters. The van der Waals surface area contributed by atoms with Crippen LogP contribution in [0.25, 0.3) is 0 Å². The van der Waals surface area contributed by atoms with Crippen molar-refractivity contribution in [3.8, 4) is 0 Å². The summed E-state index contributed by atoms with van der Waals surface area (Å²) in [6.45, 7) is 3.65. The first-order valence-corrected chi connectivity index (χ1v) is 9.15. The fourth-order valence-corrected chi connectivity index (χ4v) is 4.54. The van der Waals surface area contributed by atoms with Gasteiger partial charge in [-0.25, -0.2) is 4.79 Å². The standard InChI is InChI=1S/C20H23N3O3/c1-11-3-9-15(10-4-11)22-20(26)21-12(2)23-18(24)16-13-5-6-14(8-7-13)17(16)19(23)25/h3-6,9-10,12-14,16-17H,7-8H2,1-2H3,(H2,21,22,26)/t12-,13+,14+,16-,17+/m1/s1. The van der Waals surface area contributed by atoms with Gasteiger partial charge in [-0.1, -0.05) is 29.8 Å². The summed E-state index contributed by atoms with van der Waals surface area (Å²) >= 11 is 0. The number of rotatable bonds is 3. The maximum atomic E-state index is 12.9. The van der Waals surface area contributed by atoms with E-state index in [2.05, 4.69) is 22.8 Å². The summed E-state index contributed by atoms with van der Waals surface area (Å²) in [7, 11) is 0. The number of carbonyl (C=O) groups is 3. The number of fused-ring (bicyclic) bond motifs is 1. The second-order valence-electron chi connectivity index (χ2n) is 7.53. The number of anilines is 1. The second kappa shape index (κ2) is 6.27. The fourth-order valence-electron chi connectivity index (χ4n) is 4.54. The SMILES string of the molecule is Cc1ccc(NC(=O)N[C@@H](C)N2C(=O)[C@@H]3[C@H](C2=O)[C@H]2C=C[C@H]3CC2)cc1. The van der Waals surface area contributed by atoms with E-state index in [0.717, 1.165) is 18.4 Å². The van der Waals surface area contributed by atoms with E-state index in [0.29, 0.717) is 5.69 Å². The highest BCUT2D eigenvalue weighted by atomic mass is 16.2. The molecular formula is C20H23N3O3. The van der Waals surface area contributed by atoms with Crippen molar-refractivity contribution in [2.24, 2.45) is 23.7 Å². The number of urea groups is 1. The molecule has 0 aromatic heterocycles. The van der Waals surface area contributed by atoms with Gasteiger partial charge in [-0.3, -0.25) is 14.5 Å². The molecule has 2 N–H and O–H groups in total. The van der Waals surface area contributed by atoms with Gasteiger partial charge >= 0.3 is 6.03 Å². The molecule has 2 bridgehead atoms. The quantitative estimate of drug-likeness (QED) is 0.648. The minimum absolute atomic E-state index is 0.151. The zero-order valence-corrected chi connectivity index (χ0v) is 14.9. The molecule has 1 aliphatic heterocycles. The molecule has 1 aromatic rings. The average molecular weight is 353 g/mol. The highest BCUT2D eigenvalue weighted by molar-refractivity contribution is 6.06. The molecule has 1 heterocycles. The first-order valence-electron chi connectivity index (χ1n) is 9.15. The third-order valence-electron chi connectivity index (χ3n) is 5.83. The molecule has 0 spiro atoms. The van der Waals surface area contributed by atoms with Gasteiger partial charge in [0.15, 0.2) is 0 Å². The molecule has 2 fully saturated rings. The van der Waals surface area contributed by atoms with E-state index >= 15 is 0 Å². The number of nitrogens with one attached hydrogen (secondary N) is 2. The molecule has 0 radical (unpaired) electrons. The minimum atomic E-state index is -0.676. The van der Waals surface area contributed by atoms with Gasteiger partial charge in [-0.15, -0.1) is 0 Å². The van der Waals surface area contributed by atoms with Gasteiger partial charge in [0.1, 0.15) is 6.17 Å². The average Bonchev–Trinajstić information content (AvgIpc) is 2.91. The van der Waals surface area contributed by atoms with E-state index < -0.39 is 12.2 Å². The molecule has 136 valence electrons. The molecule has 1 aromatic carbocycles. The van der Waals surface area contributed by atoms with E-state index in [-0.39, 0.29) is 35.5 Å². The lowest BCUT2D eigenvalue weighted by atomic mass is 9.63. The molecule has 5 atom stereocenters. The highest BCUT2D eigenvalue weighted by Crippen LogP contribution is 2.49. The maximum absolute atomic E-state index is 12.9. The number of benzene rings is 1. The Hall–Kier alpha value is -2.63. The molecule has 3 aliphatic carbocycles. The molecule has 6 nitrogen and oxygen atoms in total. The van der Waals surface area contributed by atoms with Crippen LogP contribution in [0.5, 0.6) is 0 Å². The number of allylic oxidation sites excluding steroid dienone is 2. The Labute approximate surface area is 152 Å². The number of amides is 4. The minimum Gasteiger partial charge on any atom is -0.317 e. The van der Waals surface area contributed by atoms with Crippen LogP contribution < -0.4 is 10.6 Å². The number of carbonyl (C=O) groups excluding carboxylic acids is 3. The van der Waals surface area contributed by atoms with E-state index in [4.69, 9.17) is 0 Å². The van der Waals surface area contributed by atoms with Crippen molar-refractivity contribution in [1.82, 2.24) is 10.2 Å². The lowest BCUT2D eigenvalue weighted by Crippen LogP contribution is -2.50. The third kappa shape index (κ3) is 2.69. The van der Waals surface area contributed by atoms with Crippen molar-refractivity contribution in [2.75, 3.05) is 5.32 Å². The topological polar surface area (TPSA) is 78.5 Å². The summed E-state index contributed by atoms with van der Waals surface area (Å²) in [5.74, 6) is -0.504. The summed E-state index contributed by atoms with van der Waals surface area (Å²) in [6, 6.07) is 6.99. The summed E-state index contributed by atoms with van der Waals surface area (Å²) < 4.78 is 0. The Kier molecular flexibility index (Phi) is 4.05. The van der Waals surface area contributed by atoms with Crippen molar-refractivity contribution in [3.63, 3.8) is 0 Å². The van der Waals surface area contributed by atoms with Crippen molar-refractivity contribution >= 4 is 23.5 Å². The Bertz CT molecular complexity index is 754. The van der Waals surface area contributed by atoms with Gasteiger partial charge in [-0.05, 0) is 50.7 Å². The predicted molar refractivity (Wildman–Crippen MR) is 97.0 cm³/mol. The van der Waals surface area contributed by atoms with E-state index in [1.165, 1.54) is 4.90 Å². The summed E-state index contributed by atoms with van der Waals surface area (Å²) in [5, 5.41) is 5.45. The lowest BCUT2D eigenvalue weighted by Gasteiger charge is -2.38. The van der Waals surface area contributed by atoms with Gasteiger partial charge in [0.2, 0.25) is 11.8 Å². The number of nitrogens with zero attached hydrogens (tertiary/aromatic N) is 1. The van der Waals surface area contributed by atoms with Crippen molar-refractivity contribution in [2.45, 2.75) is 32.9 Å². The molecule has 4 amide bonds. The predicted octanol–water partition coefficient (Wildman–Crippen LogP) is 2.66. The Morgan fingerprint density at radius 3 is 2.08 bits per heavy atom. The molecule has 5 rings (SSSR count). The maximum Gasteiger partial charge on any atom is 0.320 e. The summed E-state index contributed by atoms with van der Waals surface area (Å²) in [5.41, 5.74) is 1.76. The zero-order chi connectivity index (χ0) is 18.4. The van der Waals surface area contributed by atoms with E-state index in [9.17, 15) is 14.4 Å². The van der Waals surface area contributed by atoms with Gasteiger partial charge < -0.3 is 10.6 Å². The number of hydrogen-bond donors (Lipinski definition) is 2. The molecule has 26 heavy (non-hydrogen) atoms. The van der Waals surface area contributed by atoms with Gasteiger partial charge in [0.05, 0.1) is 11.8 Å². The van der Waals surface area contributed by atoms with E-state index in [1.807, 2.05) is 31.2 Å². The molecule has 4 aliphatic rings. The van der Waals surface area contributed by atoms with Crippen LogP contribution in [0.2, 0.25) is 0 Å². The number of likely N-dealkylation sites (tertiary alicyclic amines) is 1. The molecule has 1 saturated heterocycles. The van der Waals surface area contributed by atoms with Gasteiger partial charge in [0, 0.05) is 5.69 Å². The Morgan fingerprint density at radius 1 is 1.04 bits per heavy atom. The van der Waals surface area contributed by atoms with Crippen LogP contribution >= 0.6 is 0 Å². The third-order valence-corrected chi connectivity index (χ3v) is 5.83. The van der Waals surface area contributed by atoms with Crippen molar-refractivity contribution < 1.29 is 14.4 Å². The number of imide groups is 1.